The number of halogens is 2. The minimum absolute atomic E-state index is 0.186. The molecule has 0 amide bonds. The molecule has 3 nitrogen and oxygen atoms in total. The van der Waals surface area contributed by atoms with Crippen molar-refractivity contribution in [2.45, 2.75) is 44.9 Å². The van der Waals surface area contributed by atoms with Crippen LogP contribution in [0.15, 0.2) is 12.1 Å². The molecule has 2 rings (SSSR count). The van der Waals surface area contributed by atoms with Crippen LogP contribution in [0.1, 0.15) is 38.3 Å². The fraction of sp³-hybridized carbons (Fsp3) is 0.571. The maximum Gasteiger partial charge on any atom is 0.0693 e. The lowest BCUT2D eigenvalue weighted by molar-refractivity contribution is 0.0116. The molecule has 1 aromatic rings. The van der Waals surface area contributed by atoms with Crippen molar-refractivity contribution in [1.29, 1.82) is 0 Å². The molecule has 3 atom stereocenters. The van der Waals surface area contributed by atoms with Gasteiger partial charge in [-0.05, 0) is 44.4 Å². The number of hydrogen-bond donors (Lipinski definition) is 2. The molecule has 0 aliphatic carbocycles. The first-order valence-electron chi connectivity index (χ1n) is 6.59. The average Bonchev–Trinajstić information content (AvgIpc) is 2.35. The van der Waals surface area contributed by atoms with Gasteiger partial charge in [0.2, 0.25) is 0 Å². The molecule has 0 saturated carbocycles. The van der Waals surface area contributed by atoms with Gasteiger partial charge in [-0.15, -0.1) is 0 Å². The third-order valence-electron chi connectivity index (χ3n) is 3.57. The molecule has 5 heteroatoms. The van der Waals surface area contributed by atoms with Crippen LogP contribution in [0.3, 0.4) is 0 Å². The number of nitrogens with one attached hydrogen (secondary N) is 1. The van der Waals surface area contributed by atoms with Crippen molar-refractivity contribution in [3.8, 4) is 0 Å². The Morgan fingerprint density at radius 1 is 1.37 bits per heavy atom. The summed E-state index contributed by atoms with van der Waals surface area (Å²) >= 11 is 12.1. The van der Waals surface area contributed by atoms with Crippen molar-refractivity contribution < 1.29 is 4.74 Å². The lowest BCUT2D eigenvalue weighted by atomic mass is 10.0. The van der Waals surface area contributed by atoms with Gasteiger partial charge >= 0.3 is 0 Å². The van der Waals surface area contributed by atoms with Crippen LogP contribution >= 0.6 is 23.2 Å². The quantitative estimate of drug-likeness (QED) is 0.835. The second kappa shape index (κ2) is 6.31. The molecule has 0 spiro atoms. The number of rotatable bonds is 3. The van der Waals surface area contributed by atoms with E-state index in [1.165, 1.54) is 0 Å². The fourth-order valence-corrected chi connectivity index (χ4v) is 2.96. The van der Waals surface area contributed by atoms with E-state index < -0.39 is 0 Å². The van der Waals surface area contributed by atoms with E-state index in [1.54, 1.807) is 0 Å². The first-order valence-corrected chi connectivity index (χ1v) is 7.35. The van der Waals surface area contributed by atoms with Crippen LogP contribution < -0.4 is 11.1 Å². The van der Waals surface area contributed by atoms with Gasteiger partial charge in [-0.2, -0.15) is 0 Å². The molecule has 1 heterocycles. The van der Waals surface area contributed by atoms with Crippen molar-refractivity contribution in [1.82, 2.24) is 5.32 Å². The molecule has 1 fully saturated rings. The Morgan fingerprint density at radius 2 is 2.00 bits per heavy atom. The summed E-state index contributed by atoms with van der Waals surface area (Å²) < 4.78 is 5.55. The van der Waals surface area contributed by atoms with Crippen LogP contribution in [-0.4, -0.2) is 18.8 Å². The molecule has 1 aromatic carbocycles. The Labute approximate surface area is 124 Å². The number of nitrogen functional groups attached to an aromatic ring is 1. The highest BCUT2D eigenvalue weighted by atomic mass is 35.5. The minimum Gasteiger partial charge on any atom is -0.396 e. The van der Waals surface area contributed by atoms with Crippen molar-refractivity contribution >= 4 is 28.9 Å². The Hall–Kier alpha value is -0.480. The highest BCUT2D eigenvalue weighted by molar-refractivity contribution is 6.38. The number of benzene rings is 1. The van der Waals surface area contributed by atoms with Crippen molar-refractivity contribution in [2.24, 2.45) is 0 Å². The van der Waals surface area contributed by atoms with Gasteiger partial charge in [0, 0.05) is 18.7 Å². The normalized spacial score (nSPS) is 25.3. The van der Waals surface area contributed by atoms with Gasteiger partial charge in [-0.3, -0.25) is 0 Å². The number of nitrogens with two attached hydrogens (primary N) is 1. The second-order valence-electron chi connectivity index (χ2n) is 5.19. The average molecular weight is 303 g/mol. The van der Waals surface area contributed by atoms with Crippen LogP contribution in [-0.2, 0) is 4.74 Å². The van der Waals surface area contributed by atoms with E-state index in [2.05, 4.69) is 19.2 Å². The standard InChI is InChI=1S/C14H20Cl2N2O/c1-8-5-11(3-4-19-8)18-9(2)10-6-12(15)14(17)13(16)7-10/h6-9,11,18H,3-5,17H2,1-2H3/t8-,9+,11+/m1/s1. The van der Waals surface area contributed by atoms with Gasteiger partial charge in [0.25, 0.3) is 0 Å². The van der Waals surface area contributed by atoms with Crippen molar-refractivity contribution in [2.75, 3.05) is 12.3 Å². The van der Waals surface area contributed by atoms with Gasteiger partial charge in [0.1, 0.15) is 0 Å². The molecule has 0 radical (unpaired) electrons. The van der Waals surface area contributed by atoms with Gasteiger partial charge in [0.05, 0.1) is 21.8 Å². The summed E-state index contributed by atoms with van der Waals surface area (Å²) in [5.41, 5.74) is 7.25. The second-order valence-corrected chi connectivity index (χ2v) is 6.00. The van der Waals surface area contributed by atoms with Gasteiger partial charge in [-0.25, -0.2) is 0 Å². The smallest absolute Gasteiger partial charge is 0.0693 e. The molecule has 3 N–H and O–H groups in total. The van der Waals surface area contributed by atoms with Crippen LogP contribution in [0.5, 0.6) is 0 Å². The molecular weight excluding hydrogens is 283 g/mol. The lowest BCUT2D eigenvalue weighted by Crippen LogP contribution is -2.39. The summed E-state index contributed by atoms with van der Waals surface area (Å²) in [5.74, 6) is 0. The molecule has 19 heavy (non-hydrogen) atoms. The summed E-state index contributed by atoms with van der Waals surface area (Å²) in [6.45, 7) is 5.03. The summed E-state index contributed by atoms with van der Waals surface area (Å²) in [5, 5.41) is 4.62. The van der Waals surface area contributed by atoms with Gasteiger partial charge in [-0.1, -0.05) is 23.2 Å². The topological polar surface area (TPSA) is 47.3 Å². The Kier molecular flexibility index (Phi) is 4.96. The van der Waals surface area contributed by atoms with Crippen LogP contribution in [0, 0.1) is 0 Å². The highest BCUT2D eigenvalue weighted by Crippen LogP contribution is 2.31. The van der Waals surface area contributed by atoms with Gasteiger partial charge in [0.15, 0.2) is 0 Å². The van der Waals surface area contributed by atoms with E-state index in [0.29, 0.717) is 27.9 Å². The Bertz CT molecular complexity index is 430. The molecule has 1 saturated heterocycles. The third-order valence-corrected chi connectivity index (χ3v) is 4.20. The molecule has 0 aromatic heterocycles. The SMILES string of the molecule is C[C@@H]1C[C@@H](N[C@@H](C)c2cc(Cl)c(N)c(Cl)c2)CCO1. The molecular formula is C14H20Cl2N2O. The third kappa shape index (κ3) is 3.76. The number of anilines is 1. The van der Waals surface area contributed by atoms with Crippen LogP contribution in [0.25, 0.3) is 0 Å². The van der Waals surface area contributed by atoms with Crippen LogP contribution in [0.4, 0.5) is 5.69 Å². The molecule has 0 bridgehead atoms. The molecule has 1 aliphatic heterocycles. The van der Waals surface area contributed by atoms with E-state index in [0.717, 1.165) is 25.0 Å². The molecule has 0 unspecified atom stereocenters. The zero-order chi connectivity index (χ0) is 14.0. The summed E-state index contributed by atoms with van der Waals surface area (Å²) in [4.78, 5) is 0. The largest absolute Gasteiger partial charge is 0.396 e. The fourth-order valence-electron chi connectivity index (χ4n) is 2.45. The van der Waals surface area contributed by atoms with Crippen molar-refractivity contribution in [3.63, 3.8) is 0 Å². The Balaban J connectivity index is 2.05. The molecule has 106 valence electrons. The maximum atomic E-state index is 6.07. The predicted molar refractivity (Wildman–Crippen MR) is 80.9 cm³/mol. The lowest BCUT2D eigenvalue weighted by Gasteiger charge is -2.30. The highest BCUT2D eigenvalue weighted by Gasteiger charge is 2.21. The predicted octanol–water partition coefficient (Wildman–Crippen LogP) is 3.79. The van der Waals surface area contributed by atoms with E-state index in [4.69, 9.17) is 33.7 Å². The van der Waals surface area contributed by atoms with E-state index >= 15 is 0 Å². The Morgan fingerprint density at radius 3 is 2.58 bits per heavy atom. The first-order chi connectivity index (χ1) is 8.97. The number of ether oxygens (including phenoxy) is 1. The summed E-state index contributed by atoms with van der Waals surface area (Å²) in [6.07, 6.45) is 2.38. The van der Waals surface area contributed by atoms with Crippen LogP contribution in [0.2, 0.25) is 10.0 Å². The maximum absolute atomic E-state index is 6.07. The zero-order valence-electron chi connectivity index (χ0n) is 11.2. The number of hydrogen-bond acceptors (Lipinski definition) is 3. The zero-order valence-corrected chi connectivity index (χ0v) is 12.8. The van der Waals surface area contributed by atoms with E-state index in [9.17, 15) is 0 Å². The summed E-state index contributed by atoms with van der Waals surface area (Å²) in [7, 11) is 0. The molecule has 1 aliphatic rings. The van der Waals surface area contributed by atoms with E-state index in [1.807, 2.05) is 12.1 Å². The summed E-state index contributed by atoms with van der Waals surface area (Å²) in [6, 6.07) is 4.41. The van der Waals surface area contributed by atoms with E-state index in [-0.39, 0.29) is 6.04 Å². The van der Waals surface area contributed by atoms with Gasteiger partial charge < -0.3 is 15.8 Å². The monoisotopic (exact) mass is 302 g/mol. The van der Waals surface area contributed by atoms with Crippen molar-refractivity contribution in [3.05, 3.63) is 27.7 Å². The first kappa shape index (κ1) is 14.9. The minimum atomic E-state index is 0.186.